The molecule has 3 N–H and O–H groups in total. The third kappa shape index (κ3) is 7.56. The minimum Gasteiger partial charge on any atom is -0.489 e. The van der Waals surface area contributed by atoms with E-state index in [0.717, 1.165) is 75.1 Å². The first-order chi connectivity index (χ1) is 27.0. The third-order valence-corrected chi connectivity index (χ3v) is 12.0. The molecule has 0 bridgehead atoms. The van der Waals surface area contributed by atoms with Crippen LogP contribution in [-0.4, -0.2) is 127 Å². The van der Waals surface area contributed by atoms with Crippen molar-refractivity contribution in [1.29, 1.82) is 5.26 Å². The van der Waals surface area contributed by atoms with Crippen LogP contribution in [0.1, 0.15) is 58.4 Å². The van der Waals surface area contributed by atoms with Gasteiger partial charge in [0.1, 0.15) is 35.6 Å². The summed E-state index contributed by atoms with van der Waals surface area (Å²) in [5.41, 5.74) is 1.86. The Morgan fingerprint density at radius 1 is 0.929 bits per heavy atom. The number of aromatic nitrogens is 1. The van der Waals surface area contributed by atoms with Crippen LogP contribution in [0, 0.1) is 17.2 Å². The average Bonchev–Trinajstić information content (AvgIpc) is 3.88. The lowest BCUT2D eigenvalue weighted by atomic mass is 9.96. The quantitative estimate of drug-likeness (QED) is 0.273. The van der Waals surface area contributed by atoms with Gasteiger partial charge in [0.2, 0.25) is 17.7 Å². The SMILES string of the molecule is CN1C[C@H](Oc2ccc(C#N)c(Cl)c2)C[C@H]1C(=O)Nc1ccc(N2CCC(CN3CCN(c4ccc5c(c4)C(=O)N(C4CCC(=O)NC4=O)C5=O)CC3)CC2)[nH]1. The molecule has 4 fully saturated rings. The summed E-state index contributed by atoms with van der Waals surface area (Å²) in [6.45, 7) is 6.81. The number of nitrogens with zero attached hydrogens (tertiary/aromatic N) is 6. The summed E-state index contributed by atoms with van der Waals surface area (Å²) in [5.74, 6) is 0.707. The maximum Gasteiger partial charge on any atom is 0.262 e. The molecule has 15 nitrogen and oxygen atoms in total. The number of likely N-dealkylation sites (N-methyl/N-ethyl adjacent to an activating group) is 1. The van der Waals surface area contributed by atoms with Crippen LogP contribution < -0.4 is 25.2 Å². The molecule has 3 atom stereocenters. The molecule has 0 aliphatic carbocycles. The van der Waals surface area contributed by atoms with E-state index in [1.807, 2.05) is 36.2 Å². The minimum absolute atomic E-state index is 0.0893. The van der Waals surface area contributed by atoms with Gasteiger partial charge in [0.05, 0.1) is 27.8 Å². The van der Waals surface area contributed by atoms with E-state index in [2.05, 4.69) is 30.3 Å². The van der Waals surface area contributed by atoms with Crippen molar-refractivity contribution in [1.82, 2.24) is 25.0 Å². The normalized spacial score (nSPS) is 23.7. The van der Waals surface area contributed by atoms with E-state index in [-0.39, 0.29) is 30.9 Å². The molecule has 8 rings (SSSR count). The van der Waals surface area contributed by atoms with E-state index >= 15 is 0 Å². The Kier molecular flexibility index (Phi) is 10.4. The van der Waals surface area contributed by atoms with Gasteiger partial charge >= 0.3 is 0 Å². The van der Waals surface area contributed by atoms with Gasteiger partial charge in [-0.25, -0.2) is 0 Å². The standard InChI is InChI=1S/C40H44ClN9O6/c1-46-23-28(56-27-4-2-25(21-42)31(41)19-27)20-33(46)38(53)44-34-7-8-35(43-34)49-12-10-24(11-13-49)22-47-14-16-48(17-15-47)26-3-5-29-30(18-26)40(55)50(39(29)54)32-6-9-36(51)45-37(32)52/h2-5,7-8,18-19,24,28,32-33,43H,6,9-17,20,22-23H2,1H3,(H,44,53)(H,45,51,52)/t28-,32?,33+/m1/s1. The van der Waals surface area contributed by atoms with Crippen molar-refractivity contribution in [3.63, 3.8) is 0 Å². The number of imide groups is 2. The minimum atomic E-state index is -0.976. The molecule has 5 aliphatic rings. The van der Waals surface area contributed by atoms with Gasteiger partial charge in [0.25, 0.3) is 11.8 Å². The fraction of sp³-hybridized carbons (Fsp3) is 0.450. The average molecular weight is 782 g/mol. The lowest BCUT2D eigenvalue weighted by Crippen LogP contribution is -2.54. The number of rotatable bonds is 9. The van der Waals surface area contributed by atoms with Crippen LogP contribution in [0.2, 0.25) is 5.02 Å². The van der Waals surface area contributed by atoms with Crippen LogP contribution in [0.3, 0.4) is 0 Å². The molecule has 6 heterocycles. The van der Waals surface area contributed by atoms with Crippen LogP contribution >= 0.6 is 11.6 Å². The number of fused-ring (bicyclic) bond motifs is 1. The monoisotopic (exact) mass is 781 g/mol. The Morgan fingerprint density at radius 2 is 1.70 bits per heavy atom. The maximum absolute atomic E-state index is 13.3. The van der Waals surface area contributed by atoms with Crippen molar-refractivity contribution in [2.24, 2.45) is 5.92 Å². The fourth-order valence-electron chi connectivity index (χ4n) is 8.62. The van der Waals surface area contributed by atoms with Crippen LogP contribution in [-0.2, 0) is 14.4 Å². The number of halogens is 1. The van der Waals surface area contributed by atoms with E-state index in [9.17, 15) is 24.0 Å². The number of nitriles is 1. The van der Waals surface area contributed by atoms with Crippen LogP contribution in [0.5, 0.6) is 5.75 Å². The number of hydrogen-bond acceptors (Lipinski definition) is 11. The number of piperazine rings is 1. The van der Waals surface area contributed by atoms with Crippen LogP contribution in [0.4, 0.5) is 17.3 Å². The smallest absolute Gasteiger partial charge is 0.262 e. The summed E-state index contributed by atoms with van der Waals surface area (Å²) < 4.78 is 6.09. The molecule has 1 unspecified atom stereocenters. The molecule has 3 aromatic rings. The second-order valence-corrected chi connectivity index (χ2v) is 15.7. The predicted octanol–water partition coefficient (Wildman–Crippen LogP) is 3.07. The van der Waals surface area contributed by atoms with Crippen molar-refractivity contribution >= 4 is 58.5 Å². The number of H-pyrrole nitrogens is 1. The summed E-state index contributed by atoms with van der Waals surface area (Å²) >= 11 is 6.17. The summed E-state index contributed by atoms with van der Waals surface area (Å²) in [5, 5.41) is 14.8. The number of likely N-dealkylation sites (tertiary alicyclic amines) is 1. The fourth-order valence-corrected chi connectivity index (χ4v) is 8.83. The largest absolute Gasteiger partial charge is 0.489 e. The van der Waals surface area contributed by atoms with Gasteiger partial charge < -0.3 is 24.8 Å². The molecule has 56 heavy (non-hydrogen) atoms. The molecule has 0 radical (unpaired) electrons. The molecule has 2 aromatic carbocycles. The molecular weight excluding hydrogens is 738 g/mol. The van der Waals surface area contributed by atoms with Crippen LogP contribution in [0.25, 0.3) is 0 Å². The first-order valence-corrected chi connectivity index (χ1v) is 19.6. The highest BCUT2D eigenvalue weighted by molar-refractivity contribution is 6.31. The number of carbonyl (C=O) groups excluding carboxylic acids is 5. The number of nitrogens with one attached hydrogen (secondary N) is 3. The summed E-state index contributed by atoms with van der Waals surface area (Å²) in [6, 6.07) is 14.9. The summed E-state index contributed by atoms with van der Waals surface area (Å²) in [4.78, 5) is 77.2. The van der Waals surface area contributed by atoms with Crippen LogP contribution in [0.15, 0.2) is 48.5 Å². The molecule has 292 valence electrons. The first-order valence-electron chi connectivity index (χ1n) is 19.2. The van der Waals surface area contributed by atoms with Gasteiger partial charge in [-0.2, -0.15) is 5.26 Å². The number of amides is 5. The number of anilines is 3. The van der Waals surface area contributed by atoms with E-state index in [1.165, 1.54) is 0 Å². The Labute approximate surface area is 329 Å². The van der Waals surface area contributed by atoms with E-state index < -0.39 is 29.7 Å². The Bertz CT molecular complexity index is 2100. The molecular formula is C40H44ClN9O6. The van der Waals surface area contributed by atoms with Crippen molar-refractivity contribution in [2.75, 3.05) is 74.5 Å². The zero-order chi connectivity index (χ0) is 39.1. The molecule has 0 saturated carbocycles. The molecule has 5 aliphatic heterocycles. The van der Waals surface area contributed by atoms with Gasteiger partial charge in [-0.05, 0) is 74.7 Å². The Hall–Kier alpha value is -5.43. The van der Waals surface area contributed by atoms with Gasteiger partial charge in [0, 0.05) is 77.0 Å². The summed E-state index contributed by atoms with van der Waals surface area (Å²) in [7, 11) is 1.91. The zero-order valence-corrected chi connectivity index (χ0v) is 31.9. The number of hydrogen-bond donors (Lipinski definition) is 3. The van der Waals surface area contributed by atoms with Gasteiger partial charge in [-0.1, -0.05) is 11.6 Å². The number of benzene rings is 2. The van der Waals surface area contributed by atoms with Crippen molar-refractivity contribution in [3.05, 3.63) is 70.2 Å². The second kappa shape index (κ2) is 15.6. The lowest BCUT2D eigenvalue weighted by molar-refractivity contribution is -0.136. The van der Waals surface area contributed by atoms with Gasteiger partial charge in [0.15, 0.2) is 0 Å². The van der Waals surface area contributed by atoms with E-state index in [1.54, 1.807) is 30.3 Å². The highest BCUT2D eigenvalue weighted by Crippen LogP contribution is 2.32. The van der Waals surface area contributed by atoms with Crippen molar-refractivity contribution in [2.45, 2.75) is 50.3 Å². The van der Waals surface area contributed by atoms with E-state index in [0.29, 0.717) is 52.2 Å². The first kappa shape index (κ1) is 37.5. The molecule has 5 amide bonds. The number of piperidine rings is 2. The third-order valence-electron chi connectivity index (χ3n) is 11.7. The number of ether oxygens (including phenoxy) is 1. The summed E-state index contributed by atoms with van der Waals surface area (Å²) in [6.07, 6.45) is 2.69. The molecule has 4 saturated heterocycles. The molecule has 1 aromatic heterocycles. The highest BCUT2D eigenvalue weighted by atomic mass is 35.5. The van der Waals surface area contributed by atoms with Crippen molar-refractivity contribution < 1.29 is 28.7 Å². The topological polar surface area (TPSA) is 174 Å². The highest BCUT2D eigenvalue weighted by Gasteiger charge is 2.45. The predicted molar refractivity (Wildman–Crippen MR) is 208 cm³/mol. The molecule has 16 heteroatoms. The lowest BCUT2D eigenvalue weighted by Gasteiger charge is -2.40. The van der Waals surface area contributed by atoms with Gasteiger partial charge in [-0.3, -0.25) is 44.0 Å². The zero-order valence-electron chi connectivity index (χ0n) is 31.1. The number of carbonyl (C=O) groups is 5. The Balaban J connectivity index is 0.775. The van der Waals surface area contributed by atoms with Gasteiger partial charge in [-0.15, -0.1) is 0 Å². The molecule has 0 spiro atoms. The number of aromatic amines is 1. The maximum atomic E-state index is 13.3. The van der Waals surface area contributed by atoms with E-state index in [4.69, 9.17) is 21.6 Å². The van der Waals surface area contributed by atoms with Crippen molar-refractivity contribution in [3.8, 4) is 11.8 Å². The second-order valence-electron chi connectivity index (χ2n) is 15.3. The Morgan fingerprint density at radius 3 is 2.43 bits per heavy atom.